The van der Waals surface area contributed by atoms with Crippen molar-refractivity contribution in [2.45, 2.75) is 31.9 Å². The molecule has 27 heavy (non-hydrogen) atoms. The van der Waals surface area contributed by atoms with Crippen LogP contribution in [0.2, 0.25) is 0 Å². The lowest BCUT2D eigenvalue weighted by molar-refractivity contribution is -0.145. The predicted octanol–water partition coefficient (Wildman–Crippen LogP) is -2.01. The summed E-state index contributed by atoms with van der Waals surface area (Å²) in [6.45, 7) is 1.20. The number of rotatable bonds is 6. The van der Waals surface area contributed by atoms with Gasteiger partial charge in [-0.3, -0.25) is 15.2 Å². The summed E-state index contributed by atoms with van der Waals surface area (Å²) in [5.74, 6) is -3.09. The lowest BCUT2D eigenvalue weighted by atomic mass is 10.1. The molecule has 0 saturated carbocycles. The van der Waals surface area contributed by atoms with Crippen LogP contribution in [0.5, 0.6) is 0 Å². The largest absolute Gasteiger partial charge is 0.481 e. The lowest BCUT2D eigenvalue weighted by Gasteiger charge is -2.12. The highest BCUT2D eigenvalue weighted by Gasteiger charge is 2.18. The fraction of sp³-hybridized carbons (Fsp3) is 0.643. The topological polar surface area (TPSA) is 222 Å². The molecule has 0 heterocycles. The maximum atomic E-state index is 10.4. The van der Waals surface area contributed by atoms with E-state index < -0.39 is 36.0 Å². The van der Waals surface area contributed by atoms with Gasteiger partial charge in [-0.1, -0.05) is 0 Å². The first-order valence-corrected chi connectivity index (χ1v) is 7.57. The third kappa shape index (κ3) is 20.9. The van der Waals surface area contributed by atoms with Crippen molar-refractivity contribution >= 4 is 29.8 Å². The van der Waals surface area contributed by atoms with Gasteiger partial charge in [0.2, 0.25) is 0 Å². The first-order chi connectivity index (χ1) is 12.3. The van der Waals surface area contributed by atoms with Gasteiger partial charge < -0.3 is 41.7 Å². The van der Waals surface area contributed by atoms with Gasteiger partial charge in [0.25, 0.3) is 0 Å². The molecule has 0 bridgehead atoms. The Hall–Kier alpha value is -3.09. The van der Waals surface area contributed by atoms with Crippen LogP contribution < -0.4 is 16.4 Å². The molecule has 0 aromatic carbocycles. The van der Waals surface area contributed by atoms with Crippen LogP contribution in [0.4, 0.5) is 0 Å². The van der Waals surface area contributed by atoms with Gasteiger partial charge in [-0.25, -0.2) is 9.59 Å². The molecule has 158 valence electrons. The van der Waals surface area contributed by atoms with Gasteiger partial charge in [-0.15, -0.1) is 0 Å². The van der Waals surface area contributed by atoms with E-state index in [1.54, 1.807) is 7.05 Å². The monoisotopic (exact) mass is 394 g/mol. The van der Waals surface area contributed by atoms with Gasteiger partial charge >= 0.3 is 17.9 Å². The molecule has 0 amide bonds. The summed E-state index contributed by atoms with van der Waals surface area (Å²) in [4.78, 5) is 35.8. The van der Waals surface area contributed by atoms with E-state index in [0.717, 1.165) is 5.96 Å². The number of nitrogens with two attached hydrogens (primary N) is 1. The molecule has 2 unspecified atom stereocenters. The first kappa shape index (κ1) is 28.7. The first-order valence-electron chi connectivity index (χ1n) is 7.57. The Balaban J connectivity index is -0.000000351. The van der Waals surface area contributed by atoms with Crippen molar-refractivity contribution in [2.24, 2.45) is 10.7 Å². The zero-order chi connectivity index (χ0) is 22.2. The molecular formula is C14H30N6O7. The maximum Gasteiger partial charge on any atom is 0.332 e. The standard InChI is InChI=1S/C6H11N3O4.C5H13N3.C3H6O3/c7-6(8)9-3(5(12)13)1-2-4(10)11;1-6-5(7-2)8(3)4;1-2(4)3(5)6/h3H,1-2H2,(H,10,11)(H,12,13)(H4,7,8,9);1-4H3,(H,6,7);2,4H,1H3,(H,5,6). The zero-order valence-electron chi connectivity index (χ0n) is 16.1. The Morgan fingerprint density at radius 3 is 1.78 bits per heavy atom. The molecule has 0 radical (unpaired) electrons. The van der Waals surface area contributed by atoms with Gasteiger partial charge in [0, 0.05) is 34.6 Å². The summed E-state index contributed by atoms with van der Waals surface area (Å²) in [6.07, 6.45) is -1.62. The number of nitrogens with zero attached hydrogens (tertiary/aromatic N) is 2. The van der Waals surface area contributed by atoms with Crippen molar-refractivity contribution < 1.29 is 34.8 Å². The number of carbonyl (C=O) groups is 3. The molecule has 0 aliphatic heterocycles. The fourth-order valence-electron chi connectivity index (χ4n) is 1.25. The van der Waals surface area contributed by atoms with Gasteiger partial charge in [0.1, 0.15) is 12.1 Å². The Kier molecular flexibility index (Phi) is 17.4. The number of aliphatic imine (C=N–C) groups is 1. The highest BCUT2D eigenvalue weighted by Crippen LogP contribution is 1.97. The van der Waals surface area contributed by atoms with Gasteiger partial charge in [0.05, 0.1) is 0 Å². The summed E-state index contributed by atoms with van der Waals surface area (Å²) >= 11 is 0. The van der Waals surface area contributed by atoms with Crippen molar-refractivity contribution in [2.75, 3.05) is 28.2 Å². The van der Waals surface area contributed by atoms with Crippen LogP contribution in [-0.2, 0) is 14.4 Å². The zero-order valence-corrected chi connectivity index (χ0v) is 16.1. The molecule has 2 atom stereocenters. The molecule has 0 rings (SSSR count). The highest BCUT2D eigenvalue weighted by atomic mass is 16.4. The fourth-order valence-corrected chi connectivity index (χ4v) is 1.25. The van der Waals surface area contributed by atoms with Gasteiger partial charge in [-0.05, 0) is 13.3 Å². The van der Waals surface area contributed by atoms with E-state index in [9.17, 15) is 14.4 Å². The number of hydrogen-bond donors (Lipinski definition) is 8. The van der Waals surface area contributed by atoms with Crippen molar-refractivity contribution in [3.63, 3.8) is 0 Å². The summed E-state index contributed by atoms with van der Waals surface area (Å²) in [5, 5.41) is 44.4. The number of aliphatic hydroxyl groups is 1. The van der Waals surface area contributed by atoms with E-state index in [2.05, 4.69) is 15.6 Å². The molecule has 0 aromatic heterocycles. The average molecular weight is 394 g/mol. The second-order valence-electron chi connectivity index (χ2n) is 5.09. The Morgan fingerprint density at radius 1 is 1.19 bits per heavy atom. The lowest BCUT2D eigenvalue weighted by Crippen LogP contribution is -2.44. The number of nitrogens with one attached hydrogen (secondary N) is 3. The van der Waals surface area contributed by atoms with Crippen molar-refractivity contribution in [1.29, 1.82) is 5.41 Å². The molecule has 0 aromatic rings. The smallest absolute Gasteiger partial charge is 0.332 e. The Morgan fingerprint density at radius 2 is 1.63 bits per heavy atom. The van der Waals surface area contributed by atoms with E-state index in [-0.39, 0.29) is 12.8 Å². The summed E-state index contributed by atoms with van der Waals surface area (Å²) in [7, 11) is 7.49. The third-order valence-corrected chi connectivity index (χ3v) is 2.49. The van der Waals surface area contributed by atoms with E-state index in [4.69, 9.17) is 31.6 Å². The van der Waals surface area contributed by atoms with Crippen molar-refractivity contribution in [3.8, 4) is 0 Å². The summed E-state index contributed by atoms with van der Waals surface area (Å²) < 4.78 is 0. The summed E-state index contributed by atoms with van der Waals surface area (Å²) in [6, 6.07) is -1.12. The second-order valence-corrected chi connectivity index (χ2v) is 5.09. The Bertz CT molecular complexity index is 508. The molecule has 0 spiro atoms. The molecule has 0 fully saturated rings. The van der Waals surface area contributed by atoms with Gasteiger partial charge in [0.15, 0.2) is 11.9 Å². The van der Waals surface area contributed by atoms with Crippen LogP contribution in [-0.4, -0.2) is 95.5 Å². The van der Waals surface area contributed by atoms with Crippen LogP contribution in [0.1, 0.15) is 19.8 Å². The summed E-state index contributed by atoms with van der Waals surface area (Å²) in [5.41, 5.74) is 4.90. The number of aliphatic hydroxyl groups excluding tert-OH is 1. The third-order valence-electron chi connectivity index (χ3n) is 2.49. The molecule has 13 heteroatoms. The van der Waals surface area contributed by atoms with Crippen LogP contribution in [0, 0.1) is 5.41 Å². The Labute approximate surface area is 157 Å². The minimum atomic E-state index is -1.23. The van der Waals surface area contributed by atoms with E-state index in [0.29, 0.717) is 0 Å². The van der Waals surface area contributed by atoms with Crippen LogP contribution in [0.25, 0.3) is 0 Å². The van der Waals surface area contributed by atoms with Crippen molar-refractivity contribution in [1.82, 2.24) is 15.5 Å². The van der Waals surface area contributed by atoms with E-state index in [1.165, 1.54) is 6.92 Å². The van der Waals surface area contributed by atoms with Crippen LogP contribution >= 0.6 is 0 Å². The number of aliphatic carboxylic acids is 3. The number of carboxylic acid groups (broad SMARTS) is 3. The minimum Gasteiger partial charge on any atom is -0.481 e. The quantitative estimate of drug-likeness (QED) is 0.181. The number of carboxylic acids is 3. The molecule has 9 N–H and O–H groups in total. The molecular weight excluding hydrogens is 364 g/mol. The van der Waals surface area contributed by atoms with Gasteiger partial charge in [-0.2, -0.15) is 0 Å². The molecule has 13 nitrogen and oxygen atoms in total. The number of guanidine groups is 2. The normalized spacial score (nSPS) is 12.0. The van der Waals surface area contributed by atoms with Crippen molar-refractivity contribution in [3.05, 3.63) is 0 Å². The predicted molar refractivity (Wildman–Crippen MR) is 98.8 cm³/mol. The molecule has 0 aliphatic rings. The molecule has 0 aliphatic carbocycles. The highest BCUT2D eigenvalue weighted by molar-refractivity contribution is 5.83. The van der Waals surface area contributed by atoms with E-state index in [1.807, 2.05) is 26.0 Å². The maximum absolute atomic E-state index is 10.4. The average Bonchev–Trinajstić information content (AvgIpc) is 2.52. The van der Waals surface area contributed by atoms with E-state index >= 15 is 0 Å². The molecule has 0 saturated heterocycles. The van der Waals surface area contributed by atoms with Crippen LogP contribution in [0.3, 0.4) is 0 Å². The second kappa shape index (κ2) is 16.4. The SMILES string of the molecule is CC(O)C(=O)O.CN=C(NC)N(C)C.N=C(N)NC(CCC(=O)O)C(=O)O. The number of hydrogen-bond acceptors (Lipinski definition) is 6. The van der Waals surface area contributed by atoms with Crippen LogP contribution in [0.15, 0.2) is 4.99 Å². The minimum absolute atomic E-state index is 0.107.